The van der Waals surface area contributed by atoms with E-state index in [0.29, 0.717) is 11.3 Å². The average molecular weight is 326 g/mol. The lowest BCUT2D eigenvalue weighted by Gasteiger charge is -2.10. The van der Waals surface area contributed by atoms with Crippen LogP contribution >= 0.6 is 0 Å². The highest BCUT2D eigenvalue weighted by Crippen LogP contribution is 2.18. The number of carbonyl (C=O) groups is 2. The smallest absolute Gasteiger partial charge is 0.413 e. The molecule has 0 aliphatic rings. The van der Waals surface area contributed by atoms with Gasteiger partial charge in [-0.25, -0.2) is 14.6 Å². The molecule has 0 radical (unpaired) electrons. The van der Waals surface area contributed by atoms with Crippen molar-refractivity contribution < 1.29 is 19.4 Å². The fraction of sp³-hybridized carbons (Fsp3) is 0.125. The molecular weight excluding hydrogens is 312 g/mol. The summed E-state index contributed by atoms with van der Waals surface area (Å²) in [5.41, 5.74) is 1.71. The van der Waals surface area contributed by atoms with Gasteiger partial charge in [0, 0.05) is 12.3 Å². The Balaban J connectivity index is 1.84. The van der Waals surface area contributed by atoms with Crippen LogP contribution in [0.1, 0.15) is 21.6 Å². The molecule has 122 valence electrons. The van der Waals surface area contributed by atoms with Gasteiger partial charge in [-0.15, -0.1) is 0 Å². The van der Waals surface area contributed by atoms with Gasteiger partial charge in [0.25, 0.3) is 0 Å². The molecule has 0 saturated heterocycles. The second-order valence-corrected chi connectivity index (χ2v) is 5.07. The Labute approximate surface area is 136 Å². The van der Waals surface area contributed by atoms with Crippen molar-refractivity contribution >= 4 is 23.5 Å². The first-order chi connectivity index (χ1) is 11.5. The number of nitrogens with one attached hydrogen (secondary N) is 1. The van der Waals surface area contributed by atoms with E-state index >= 15 is 0 Å². The van der Waals surface area contributed by atoms with Crippen molar-refractivity contribution in [2.45, 2.75) is 13.5 Å². The normalized spacial score (nSPS) is 10.5. The van der Waals surface area contributed by atoms with Gasteiger partial charge < -0.3 is 9.84 Å². The summed E-state index contributed by atoms with van der Waals surface area (Å²) in [4.78, 5) is 27.4. The van der Waals surface area contributed by atoms with Gasteiger partial charge in [-0.05, 0) is 12.5 Å². The lowest BCUT2D eigenvalue weighted by atomic mass is 10.2. The largest absolute Gasteiger partial charge is 0.477 e. The third-order valence-corrected chi connectivity index (χ3v) is 3.27. The van der Waals surface area contributed by atoms with E-state index < -0.39 is 12.1 Å². The summed E-state index contributed by atoms with van der Waals surface area (Å²) in [6, 6.07) is 10.8. The quantitative estimate of drug-likeness (QED) is 0.763. The summed E-state index contributed by atoms with van der Waals surface area (Å²) in [5.74, 6) is -1.23. The molecule has 0 aliphatic heterocycles. The first-order valence-corrected chi connectivity index (χ1v) is 7.11. The lowest BCUT2D eigenvalue weighted by Crippen LogP contribution is -2.19. The Morgan fingerprint density at radius 1 is 1.29 bits per heavy atom. The van der Waals surface area contributed by atoms with Gasteiger partial charge in [-0.1, -0.05) is 30.3 Å². The zero-order valence-corrected chi connectivity index (χ0v) is 12.8. The molecule has 0 saturated carbocycles. The van der Waals surface area contributed by atoms with Crippen molar-refractivity contribution in [3.8, 4) is 0 Å². The van der Waals surface area contributed by atoms with Crippen LogP contribution < -0.4 is 5.32 Å². The lowest BCUT2D eigenvalue weighted by molar-refractivity contribution is 0.0697. The molecule has 0 bridgehead atoms. The zero-order valence-electron chi connectivity index (χ0n) is 12.8. The number of carboxylic acids is 1. The molecule has 24 heavy (non-hydrogen) atoms. The summed E-state index contributed by atoms with van der Waals surface area (Å²) in [5, 5.41) is 15.9. The minimum atomic E-state index is -1.23. The van der Waals surface area contributed by atoms with E-state index in [9.17, 15) is 14.7 Å². The second-order valence-electron chi connectivity index (χ2n) is 5.07. The minimum Gasteiger partial charge on any atom is -0.477 e. The van der Waals surface area contributed by atoms with E-state index in [1.54, 1.807) is 13.0 Å². The number of anilines is 1. The van der Waals surface area contributed by atoms with Gasteiger partial charge in [0.15, 0.2) is 11.5 Å². The first-order valence-electron chi connectivity index (χ1n) is 7.11. The van der Waals surface area contributed by atoms with Crippen molar-refractivity contribution in [1.29, 1.82) is 0 Å². The SMILES string of the molecule is Cc1cc2ncc(C(=O)O)c(NC(=O)OCc3ccccc3)n2n1. The van der Waals surface area contributed by atoms with E-state index in [4.69, 9.17) is 4.74 Å². The Morgan fingerprint density at radius 2 is 2.04 bits per heavy atom. The summed E-state index contributed by atoms with van der Waals surface area (Å²) in [7, 11) is 0. The van der Waals surface area contributed by atoms with Crippen LogP contribution in [0, 0.1) is 6.92 Å². The number of benzene rings is 1. The standard InChI is InChI=1S/C16H14N4O4/c1-10-7-13-17-8-12(15(21)22)14(20(13)19-10)18-16(23)24-9-11-5-3-2-4-6-11/h2-8H,9H2,1H3,(H,18,23)(H,21,22). The Morgan fingerprint density at radius 3 is 2.75 bits per heavy atom. The van der Waals surface area contributed by atoms with Gasteiger partial charge in [-0.3, -0.25) is 5.32 Å². The van der Waals surface area contributed by atoms with Crippen molar-refractivity contribution in [1.82, 2.24) is 14.6 Å². The van der Waals surface area contributed by atoms with Crippen LogP contribution in [0.3, 0.4) is 0 Å². The van der Waals surface area contributed by atoms with Crippen LogP contribution in [0.4, 0.5) is 10.6 Å². The number of fused-ring (bicyclic) bond motifs is 1. The van der Waals surface area contributed by atoms with Crippen LogP contribution in [0.2, 0.25) is 0 Å². The van der Waals surface area contributed by atoms with E-state index in [-0.39, 0.29) is 18.0 Å². The highest BCUT2D eigenvalue weighted by Gasteiger charge is 2.19. The van der Waals surface area contributed by atoms with E-state index in [2.05, 4.69) is 15.4 Å². The Bertz CT molecular complexity index is 905. The van der Waals surface area contributed by atoms with Crippen LogP contribution in [0.25, 0.3) is 5.65 Å². The number of aryl methyl sites for hydroxylation is 1. The molecular formula is C16H14N4O4. The van der Waals surface area contributed by atoms with E-state index in [1.165, 1.54) is 10.7 Å². The monoisotopic (exact) mass is 326 g/mol. The third-order valence-electron chi connectivity index (χ3n) is 3.27. The summed E-state index contributed by atoms with van der Waals surface area (Å²) in [6.07, 6.45) is 0.396. The molecule has 3 rings (SSSR count). The second kappa shape index (κ2) is 6.37. The number of nitrogens with zero attached hydrogens (tertiary/aromatic N) is 3. The topological polar surface area (TPSA) is 106 Å². The molecule has 3 aromatic rings. The fourth-order valence-electron chi connectivity index (χ4n) is 2.18. The van der Waals surface area contributed by atoms with Crippen molar-refractivity contribution in [3.63, 3.8) is 0 Å². The highest BCUT2D eigenvalue weighted by molar-refractivity contribution is 5.97. The summed E-state index contributed by atoms with van der Waals surface area (Å²) in [6.45, 7) is 1.81. The molecule has 0 unspecified atom stereocenters. The number of aromatic carboxylic acids is 1. The van der Waals surface area contributed by atoms with Gasteiger partial charge in [0.05, 0.1) is 5.69 Å². The highest BCUT2D eigenvalue weighted by atomic mass is 16.5. The van der Waals surface area contributed by atoms with Gasteiger partial charge in [0.2, 0.25) is 0 Å². The minimum absolute atomic E-state index is 0.00124. The predicted octanol–water partition coefficient (Wildman–Crippen LogP) is 2.48. The Kier molecular flexibility index (Phi) is 4.11. The van der Waals surface area contributed by atoms with Crippen LogP contribution in [0.5, 0.6) is 0 Å². The number of carboxylic acid groups (broad SMARTS) is 1. The number of carbonyl (C=O) groups excluding carboxylic acids is 1. The maximum Gasteiger partial charge on any atom is 0.413 e. The number of aromatic nitrogens is 3. The van der Waals surface area contributed by atoms with Crippen LogP contribution in [-0.2, 0) is 11.3 Å². The predicted molar refractivity (Wildman–Crippen MR) is 84.9 cm³/mol. The number of amides is 1. The summed E-state index contributed by atoms with van der Waals surface area (Å²) < 4.78 is 6.38. The molecule has 0 spiro atoms. The third kappa shape index (κ3) is 3.17. The van der Waals surface area contributed by atoms with Crippen LogP contribution in [0.15, 0.2) is 42.6 Å². The number of ether oxygens (including phenoxy) is 1. The molecule has 8 heteroatoms. The molecule has 2 heterocycles. The van der Waals surface area contributed by atoms with Gasteiger partial charge in [0.1, 0.15) is 12.2 Å². The first kappa shape index (κ1) is 15.5. The van der Waals surface area contributed by atoms with E-state index in [0.717, 1.165) is 5.56 Å². The molecule has 2 aromatic heterocycles. The molecule has 1 amide bonds. The maximum absolute atomic E-state index is 12.0. The maximum atomic E-state index is 12.0. The molecule has 0 atom stereocenters. The molecule has 0 aliphatic carbocycles. The van der Waals surface area contributed by atoms with Crippen molar-refractivity contribution in [3.05, 3.63) is 59.4 Å². The van der Waals surface area contributed by atoms with Gasteiger partial charge >= 0.3 is 12.1 Å². The van der Waals surface area contributed by atoms with Crippen molar-refractivity contribution in [2.75, 3.05) is 5.32 Å². The number of rotatable bonds is 4. The fourth-order valence-corrected chi connectivity index (χ4v) is 2.18. The number of hydrogen-bond acceptors (Lipinski definition) is 5. The summed E-state index contributed by atoms with van der Waals surface area (Å²) >= 11 is 0. The molecule has 2 N–H and O–H groups in total. The van der Waals surface area contributed by atoms with Crippen LogP contribution in [-0.4, -0.2) is 31.8 Å². The van der Waals surface area contributed by atoms with Crippen molar-refractivity contribution in [2.24, 2.45) is 0 Å². The number of hydrogen-bond donors (Lipinski definition) is 2. The van der Waals surface area contributed by atoms with E-state index in [1.807, 2.05) is 30.3 Å². The molecule has 0 fully saturated rings. The molecule has 1 aromatic carbocycles. The zero-order chi connectivity index (χ0) is 17.1. The van der Waals surface area contributed by atoms with Gasteiger partial charge in [-0.2, -0.15) is 9.61 Å². The molecule has 8 nitrogen and oxygen atoms in total. The average Bonchev–Trinajstić information content (AvgIpc) is 2.95. The Hall–Kier alpha value is -3.42.